The van der Waals surface area contributed by atoms with E-state index in [1.807, 2.05) is 59.0 Å². The van der Waals surface area contributed by atoms with Crippen LogP contribution in [0.1, 0.15) is 61.2 Å². The van der Waals surface area contributed by atoms with Crippen molar-refractivity contribution in [1.82, 2.24) is 35.4 Å². The lowest BCUT2D eigenvalue weighted by Crippen LogP contribution is -2.32. The summed E-state index contributed by atoms with van der Waals surface area (Å²) in [5.74, 6) is -0.412. The Kier molecular flexibility index (Phi) is 6.96. The highest BCUT2D eigenvalue weighted by atomic mass is 16.5. The smallest absolute Gasteiger partial charge is 0.270 e. The summed E-state index contributed by atoms with van der Waals surface area (Å²) in [7, 11) is 0. The molecule has 36 heavy (non-hydrogen) atoms. The summed E-state index contributed by atoms with van der Waals surface area (Å²) in [6.07, 6.45) is 6.79. The van der Waals surface area contributed by atoms with Crippen LogP contribution in [0, 0.1) is 0 Å². The molecule has 0 aliphatic rings. The van der Waals surface area contributed by atoms with Crippen molar-refractivity contribution in [2.75, 3.05) is 0 Å². The van der Waals surface area contributed by atoms with Crippen LogP contribution in [-0.4, -0.2) is 48.2 Å². The summed E-state index contributed by atoms with van der Waals surface area (Å²) in [5.41, 5.74) is 2.88. The van der Waals surface area contributed by atoms with E-state index in [1.54, 1.807) is 23.3 Å². The predicted molar refractivity (Wildman–Crippen MR) is 135 cm³/mol. The van der Waals surface area contributed by atoms with Gasteiger partial charge in [0, 0.05) is 48.9 Å². The van der Waals surface area contributed by atoms with Crippen LogP contribution in [0.25, 0.3) is 16.7 Å². The number of aromatic nitrogens is 5. The molecule has 0 radical (unpaired) electrons. The van der Waals surface area contributed by atoms with E-state index >= 15 is 0 Å². The number of hydrogen-bond acceptors (Lipinski definition) is 7. The number of rotatable bonds is 7. The molecule has 0 fully saturated rings. The van der Waals surface area contributed by atoms with Gasteiger partial charge in [0.1, 0.15) is 22.7 Å². The van der Waals surface area contributed by atoms with Crippen molar-refractivity contribution in [3.05, 3.63) is 72.1 Å². The third kappa shape index (κ3) is 6.21. The van der Waals surface area contributed by atoms with Gasteiger partial charge in [-0.25, -0.2) is 9.67 Å². The van der Waals surface area contributed by atoms with Crippen LogP contribution >= 0.6 is 0 Å². The van der Waals surface area contributed by atoms with E-state index < -0.39 is 11.5 Å². The van der Waals surface area contributed by atoms with Gasteiger partial charge in [0.2, 0.25) is 0 Å². The fourth-order valence-corrected chi connectivity index (χ4v) is 3.45. The second-order valence-electron chi connectivity index (χ2n) is 9.62. The van der Waals surface area contributed by atoms with Crippen molar-refractivity contribution in [3.8, 4) is 11.4 Å². The first-order valence-electron chi connectivity index (χ1n) is 11.6. The van der Waals surface area contributed by atoms with E-state index in [4.69, 9.17) is 4.74 Å². The molecule has 0 unspecified atom stereocenters. The average Bonchev–Trinajstić information content (AvgIpc) is 3.29. The molecule has 0 aliphatic heterocycles. The van der Waals surface area contributed by atoms with Gasteiger partial charge in [-0.15, -0.1) is 0 Å². The fraction of sp³-hybridized carbons (Fsp3) is 0.308. The Morgan fingerprint density at radius 1 is 1.00 bits per heavy atom. The molecular weight excluding hydrogens is 458 g/mol. The van der Waals surface area contributed by atoms with E-state index in [-0.39, 0.29) is 29.9 Å². The van der Waals surface area contributed by atoms with Crippen molar-refractivity contribution in [2.45, 2.75) is 52.8 Å². The largest absolute Gasteiger partial charge is 0.488 e. The van der Waals surface area contributed by atoms with Crippen LogP contribution in [0.3, 0.4) is 0 Å². The van der Waals surface area contributed by atoms with Gasteiger partial charge >= 0.3 is 0 Å². The molecule has 3 heterocycles. The van der Waals surface area contributed by atoms with E-state index in [0.717, 1.165) is 22.3 Å². The predicted octanol–water partition coefficient (Wildman–Crippen LogP) is 3.46. The number of hydrogen-bond donors (Lipinski definition) is 2. The Hall–Kier alpha value is -4.34. The first-order valence-corrected chi connectivity index (χ1v) is 11.6. The van der Waals surface area contributed by atoms with Gasteiger partial charge in [-0.3, -0.25) is 19.6 Å². The second-order valence-corrected chi connectivity index (χ2v) is 9.62. The molecule has 0 saturated carbocycles. The van der Waals surface area contributed by atoms with Crippen molar-refractivity contribution in [1.29, 1.82) is 0 Å². The summed E-state index contributed by atoms with van der Waals surface area (Å²) in [6, 6.07) is 8.68. The Morgan fingerprint density at radius 2 is 1.69 bits per heavy atom. The zero-order valence-corrected chi connectivity index (χ0v) is 20.9. The quantitative estimate of drug-likeness (QED) is 0.409. The number of carbonyl (C=O) groups is 2. The van der Waals surface area contributed by atoms with Crippen molar-refractivity contribution in [3.63, 3.8) is 0 Å². The number of fused-ring (bicyclic) bond motifs is 1. The molecular formula is C26H29N7O3. The minimum absolute atomic E-state index is 0.0741. The maximum atomic E-state index is 13.0. The Balaban J connectivity index is 1.50. The number of ether oxygens (including phenoxy) is 1. The lowest BCUT2D eigenvalue weighted by Gasteiger charge is -2.22. The Labute approximate surface area is 209 Å². The first kappa shape index (κ1) is 24.8. The molecule has 1 aromatic carbocycles. The lowest BCUT2D eigenvalue weighted by atomic mass is 10.2. The van der Waals surface area contributed by atoms with Crippen molar-refractivity contribution < 1.29 is 14.3 Å². The average molecular weight is 488 g/mol. The van der Waals surface area contributed by atoms with Gasteiger partial charge in [0.25, 0.3) is 11.8 Å². The summed E-state index contributed by atoms with van der Waals surface area (Å²) < 4.78 is 7.62. The first-order chi connectivity index (χ1) is 17.1. The third-order valence-corrected chi connectivity index (χ3v) is 4.91. The van der Waals surface area contributed by atoms with Crippen molar-refractivity contribution >= 4 is 22.8 Å². The van der Waals surface area contributed by atoms with E-state index in [1.165, 1.54) is 12.1 Å². The van der Waals surface area contributed by atoms with Gasteiger partial charge in [-0.05, 0) is 52.8 Å². The molecule has 2 N–H and O–H groups in total. The van der Waals surface area contributed by atoms with Crippen LogP contribution in [0.5, 0.6) is 5.75 Å². The van der Waals surface area contributed by atoms with E-state index in [9.17, 15) is 9.59 Å². The van der Waals surface area contributed by atoms with Crippen molar-refractivity contribution in [2.24, 2.45) is 0 Å². The molecule has 4 rings (SSSR count). The fourth-order valence-electron chi connectivity index (χ4n) is 3.45. The maximum absolute atomic E-state index is 13.0. The molecule has 0 aliphatic carbocycles. The van der Waals surface area contributed by atoms with E-state index in [2.05, 4.69) is 30.7 Å². The highest BCUT2D eigenvalue weighted by molar-refractivity contribution is 5.97. The number of carbonyl (C=O) groups excluding carboxylic acids is 2. The van der Waals surface area contributed by atoms with Gasteiger partial charge in [-0.1, -0.05) is 0 Å². The van der Waals surface area contributed by atoms with Gasteiger partial charge < -0.3 is 15.4 Å². The number of pyridine rings is 1. The molecule has 0 atom stereocenters. The topological polar surface area (TPSA) is 124 Å². The van der Waals surface area contributed by atoms with Crippen LogP contribution in [0.4, 0.5) is 0 Å². The van der Waals surface area contributed by atoms with Gasteiger partial charge in [0.05, 0.1) is 22.9 Å². The molecule has 2 amide bonds. The lowest BCUT2D eigenvalue weighted by molar-refractivity contribution is 0.0930. The van der Waals surface area contributed by atoms with Crippen LogP contribution in [-0.2, 0) is 6.54 Å². The second kappa shape index (κ2) is 10.1. The molecule has 10 heteroatoms. The summed E-state index contributed by atoms with van der Waals surface area (Å²) >= 11 is 0. The standard InChI is InChI=1S/C26H29N7O3/c1-16(2)31-25(35)23-12-19(36-26(3,4)5)11-22(32-23)24(34)29-13-17-14-30-33(15-17)18-6-7-20-21(10-18)28-9-8-27-20/h6-12,14-16H,13H2,1-5H3,(H,29,34)(H,31,35). The number of nitrogens with zero attached hydrogens (tertiary/aromatic N) is 5. The molecule has 0 saturated heterocycles. The van der Waals surface area contributed by atoms with Crippen LogP contribution < -0.4 is 15.4 Å². The highest BCUT2D eigenvalue weighted by Crippen LogP contribution is 2.21. The third-order valence-electron chi connectivity index (χ3n) is 4.91. The monoisotopic (exact) mass is 487 g/mol. The Morgan fingerprint density at radius 3 is 2.39 bits per heavy atom. The molecule has 4 aromatic rings. The molecule has 3 aromatic heterocycles. The summed E-state index contributed by atoms with van der Waals surface area (Å²) in [4.78, 5) is 38.4. The number of amides is 2. The number of benzene rings is 1. The molecule has 10 nitrogen and oxygen atoms in total. The number of nitrogens with one attached hydrogen (secondary N) is 2. The summed E-state index contributed by atoms with van der Waals surface area (Å²) in [6.45, 7) is 9.60. The zero-order chi connectivity index (χ0) is 25.9. The van der Waals surface area contributed by atoms with E-state index in [0.29, 0.717) is 5.75 Å². The molecule has 186 valence electrons. The normalized spacial score (nSPS) is 11.5. The van der Waals surface area contributed by atoms with Crippen LogP contribution in [0.2, 0.25) is 0 Å². The minimum atomic E-state index is -0.510. The molecule has 0 bridgehead atoms. The zero-order valence-electron chi connectivity index (χ0n) is 20.9. The maximum Gasteiger partial charge on any atom is 0.270 e. The minimum Gasteiger partial charge on any atom is -0.488 e. The van der Waals surface area contributed by atoms with Gasteiger partial charge in [0.15, 0.2) is 0 Å². The van der Waals surface area contributed by atoms with Gasteiger partial charge in [-0.2, -0.15) is 5.10 Å². The Bertz CT molecular complexity index is 1410. The molecule has 0 spiro atoms. The summed E-state index contributed by atoms with van der Waals surface area (Å²) in [5, 5.41) is 10.0. The highest BCUT2D eigenvalue weighted by Gasteiger charge is 2.19. The van der Waals surface area contributed by atoms with Crippen LogP contribution in [0.15, 0.2) is 55.1 Å². The SMILES string of the molecule is CC(C)NC(=O)c1cc(OC(C)(C)C)cc(C(=O)NCc2cnn(-c3ccc4nccnc4c3)c2)n1.